The Morgan fingerprint density at radius 2 is 2.15 bits per heavy atom. The maximum Gasteiger partial charge on any atom is 0.329 e. The summed E-state index contributed by atoms with van der Waals surface area (Å²) in [5.41, 5.74) is 1.31. The van der Waals surface area contributed by atoms with Crippen LogP contribution in [0.5, 0.6) is 0 Å². The zero-order valence-electron chi connectivity index (χ0n) is 10.6. The number of nitrogens with zero attached hydrogens (tertiary/aromatic N) is 2. The summed E-state index contributed by atoms with van der Waals surface area (Å²) in [6, 6.07) is 5.10. The fraction of sp³-hybridized carbons (Fsp3) is 0.308. The van der Waals surface area contributed by atoms with Gasteiger partial charge in [-0.15, -0.1) is 0 Å². The van der Waals surface area contributed by atoms with Crippen molar-refractivity contribution < 1.29 is 14.7 Å². The van der Waals surface area contributed by atoms with Gasteiger partial charge in [-0.05, 0) is 18.6 Å². The summed E-state index contributed by atoms with van der Waals surface area (Å²) in [6.45, 7) is 0.0200. The molecule has 1 aliphatic heterocycles. The summed E-state index contributed by atoms with van der Waals surface area (Å²) in [5, 5.41) is 11.7. The fourth-order valence-electron chi connectivity index (χ4n) is 2.58. The van der Waals surface area contributed by atoms with E-state index in [1.165, 1.54) is 9.13 Å². The first-order valence-corrected chi connectivity index (χ1v) is 6.31. The van der Waals surface area contributed by atoms with Gasteiger partial charge in [0.1, 0.15) is 6.54 Å². The molecule has 1 aromatic heterocycles. The lowest BCUT2D eigenvalue weighted by molar-refractivity contribution is -0.137. The van der Waals surface area contributed by atoms with Crippen LogP contribution in [0.2, 0.25) is 0 Å². The number of aryl methyl sites for hydroxylation is 1. The fourth-order valence-corrected chi connectivity index (χ4v) is 2.58. The van der Waals surface area contributed by atoms with Crippen molar-refractivity contribution in [1.82, 2.24) is 9.13 Å². The molecule has 2 heterocycles. The van der Waals surface area contributed by atoms with Crippen LogP contribution in [0, 0.1) is 0 Å². The molecule has 2 N–H and O–H groups in total. The van der Waals surface area contributed by atoms with Gasteiger partial charge in [-0.2, -0.15) is 0 Å². The molecule has 2 aromatic rings. The predicted octanol–water partition coefficient (Wildman–Crippen LogP) is 0.620. The molecule has 104 valence electrons. The Morgan fingerprint density at radius 3 is 2.90 bits per heavy atom. The summed E-state index contributed by atoms with van der Waals surface area (Å²) in [5.74, 6) is -1.17. The Morgan fingerprint density at radius 1 is 1.35 bits per heavy atom. The Hall–Kier alpha value is -2.57. The van der Waals surface area contributed by atoms with Gasteiger partial charge in [-0.1, -0.05) is 6.07 Å². The maximum absolute atomic E-state index is 12.3. The second-order valence-corrected chi connectivity index (χ2v) is 4.74. The first kappa shape index (κ1) is 12.5. The molecule has 0 unspecified atom stereocenters. The standard InChI is InChI=1S/C13H13N3O4/c17-10-5-2-6-15-12-8(14-10)3-1-4-9(12)16(13(15)20)7-11(18)19/h1,3-4H,2,5-7H2,(H,14,17)(H,18,19). The average Bonchev–Trinajstić information content (AvgIpc) is 2.62. The van der Waals surface area contributed by atoms with Crippen molar-refractivity contribution in [2.24, 2.45) is 0 Å². The van der Waals surface area contributed by atoms with Crippen LogP contribution in [0.25, 0.3) is 11.0 Å². The lowest BCUT2D eigenvalue weighted by Gasteiger charge is -2.12. The summed E-state index contributed by atoms with van der Waals surface area (Å²) in [7, 11) is 0. The number of para-hydroxylation sites is 1. The molecule has 1 amide bonds. The van der Waals surface area contributed by atoms with E-state index < -0.39 is 5.97 Å². The molecule has 3 rings (SSSR count). The molecular weight excluding hydrogens is 262 g/mol. The highest BCUT2D eigenvalue weighted by Crippen LogP contribution is 2.25. The van der Waals surface area contributed by atoms with Crippen LogP contribution < -0.4 is 11.0 Å². The quantitative estimate of drug-likeness (QED) is 0.840. The first-order chi connectivity index (χ1) is 9.58. The van der Waals surface area contributed by atoms with E-state index in [0.29, 0.717) is 36.1 Å². The number of hydrogen-bond donors (Lipinski definition) is 2. The van der Waals surface area contributed by atoms with Crippen LogP contribution in [-0.4, -0.2) is 26.1 Å². The largest absolute Gasteiger partial charge is 0.480 e. The summed E-state index contributed by atoms with van der Waals surface area (Å²) in [6.07, 6.45) is 0.888. The van der Waals surface area contributed by atoms with Crippen LogP contribution in [0.1, 0.15) is 12.8 Å². The van der Waals surface area contributed by atoms with E-state index in [2.05, 4.69) is 5.32 Å². The highest BCUT2D eigenvalue weighted by atomic mass is 16.4. The van der Waals surface area contributed by atoms with Crippen molar-refractivity contribution in [2.45, 2.75) is 25.9 Å². The van der Waals surface area contributed by atoms with E-state index in [0.717, 1.165) is 0 Å². The van der Waals surface area contributed by atoms with E-state index >= 15 is 0 Å². The third-order valence-corrected chi connectivity index (χ3v) is 3.39. The minimum Gasteiger partial charge on any atom is -0.480 e. The van der Waals surface area contributed by atoms with E-state index in [4.69, 9.17) is 5.11 Å². The average molecular weight is 275 g/mol. The number of nitrogens with one attached hydrogen (secondary N) is 1. The molecule has 1 aromatic carbocycles. The third-order valence-electron chi connectivity index (χ3n) is 3.39. The third kappa shape index (κ3) is 1.87. The van der Waals surface area contributed by atoms with Gasteiger partial charge in [0.15, 0.2) is 0 Å². The number of benzene rings is 1. The molecular formula is C13H13N3O4. The molecule has 0 spiro atoms. The van der Waals surface area contributed by atoms with Crippen LogP contribution >= 0.6 is 0 Å². The number of amides is 1. The number of carboxylic acid groups (broad SMARTS) is 1. The number of aromatic nitrogens is 2. The molecule has 0 saturated carbocycles. The maximum atomic E-state index is 12.3. The van der Waals surface area contributed by atoms with Gasteiger partial charge in [0.25, 0.3) is 0 Å². The molecule has 0 fully saturated rings. The van der Waals surface area contributed by atoms with Gasteiger partial charge in [-0.25, -0.2) is 4.79 Å². The topological polar surface area (TPSA) is 93.3 Å². The van der Waals surface area contributed by atoms with E-state index in [1.54, 1.807) is 18.2 Å². The highest BCUT2D eigenvalue weighted by molar-refractivity contribution is 6.00. The number of carbonyl (C=O) groups excluding carboxylic acids is 1. The smallest absolute Gasteiger partial charge is 0.329 e. The van der Waals surface area contributed by atoms with Gasteiger partial charge in [0.2, 0.25) is 5.91 Å². The van der Waals surface area contributed by atoms with Crippen LogP contribution in [-0.2, 0) is 22.7 Å². The number of imidazole rings is 1. The van der Waals surface area contributed by atoms with Crippen LogP contribution in [0.3, 0.4) is 0 Å². The summed E-state index contributed by atoms with van der Waals surface area (Å²) in [4.78, 5) is 34.9. The second-order valence-electron chi connectivity index (χ2n) is 4.74. The van der Waals surface area contributed by atoms with Crippen molar-refractivity contribution >= 4 is 28.6 Å². The Labute approximate surface area is 113 Å². The molecule has 20 heavy (non-hydrogen) atoms. The molecule has 7 heteroatoms. The number of carboxylic acids is 1. The van der Waals surface area contributed by atoms with Crippen molar-refractivity contribution in [3.05, 3.63) is 28.7 Å². The first-order valence-electron chi connectivity index (χ1n) is 6.31. The number of rotatable bonds is 2. The Bertz CT molecular complexity index is 772. The van der Waals surface area contributed by atoms with Crippen molar-refractivity contribution in [3.8, 4) is 0 Å². The normalized spacial score (nSPS) is 14.7. The number of aliphatic carboxylic acids is 1. The SMILES string of the molecule is O=C(O)Cn1c(=O)n2c3c(cccc31)NC(=O)CCC2. The minimum atomic E-state index is -1.07. The second kappa shape index (κ2) is 4.52. The molecule has 0 aliphatic carbocycles. The molecule has 0 atom stereocenters. The van der Waals surface area contributed by atoms with Crippen LogP contribution in [0.4, 0.5) is 5.69 Å². The predicted molar refractivity (Wildman–Crippen MR) is 71.7 cm³/mol. The van der Waals surface area contributed by atoms with Gasteiger partial charge in [0, 0.05) is 13.0 Å². The van der Waals surface area contributed by atoms with Gasteiger partial charge < -0.3 is 10.4 Å². The monoisotopic (exact) mass is 275 g/mol. The van der Waals surface area contributed by atoms with E-state index in [-0.39, 0.29) is 18.1 Å². The van der Waals surface area contributed by atoms with Crippen LogP contribution in [0.15, 0.2) is 23.0 Å². The number of anilines is 1. The minimum absolute atomic E-state index is 0.0952. The van der Waals surface area contributed by atoms with Crippen molar-refractivity contribution in [2.75, 3.05) is 5.32 Å². The zero-order chi connectivity index (χ0) is 14.3. The van der Waals surface area contributed by atoms with Gasteiger partial charge in [0.05, 0.1) is 16.7 Å². The summed E-state index contributed by atoms with van der Waals surface area (Å²) >= 11 is 0. The van der Waals surface area contributed by atoms with Crippen molar-refractivity contribution in [1.29, 1.82) is 0 Å². The summed E-state index contributed by atoms with van der Waals surface area (Å²) < 4.78 is 2.76. The molecule has 0 saturated heterocycles. The molecule has 1 aliphatic rings. The highest BCUT2D eigenvalue weighted by Gasteiger charge is 2.20. The zero-order valence-corrected chi connectivity index (χ0v) is 10.6. The molecule has 7 nitrogen and oxygen atoms in total. The Balaban J connectivity index is 2.32. The Kier molecular flexibility index (Phi) is 2.81. The molecule has 0 radical (unpaired) electrons. The lowest BCUT2D eigenvalue weighted by atomic mass is 10.2. The lowest BCUT2D eigenvalue weighted by Crippen LogP contribution is -2.28. The van der Waals surface area contributed by atoms with Crippen molar-refractivity contribution in [3.63, 3.8) is 0 Å². The number of hydrogen-bond acceptors (Lipinski definition) is 3. The van der Waals surface area contributed by atoms with E-state index in [1.807, 2.05) is 0 Å². The van der Waals surface area contributed by atoms with E-state index in [9.17, 15) is 14.4 Å². The molecule has 0 bridgehead atoms. The number of carbonyl (C=O) groups is 2. The van der Waals surface area contributed by atoms with Gasteiger partial charge >= 0.3 is 11.7 Å². The van der Waals surface area contributed by atoms with Gasteiger partial charge in [-0.3, -0.25) is 18.7 Å².